The minimum absolute atomic E-state index is 0.0993. The number of hydrogen-bond acceptors (Lipinski definition) is 2. The second kappa shape index (κ2) is 8.03. The number of fused-ring (bicyclic) bond motifs is 1. The molecule has 35 heavy (non-hydrogen) atoms. The Labute approximate surface area is 207 Å². The Kier molecular flexibility index (Phi) is 5.00. The summed E-state index contributed by atoms with van der Waals surface area (Å²) in [5.74, 6) is 2.72. The normalized spacial score (nSPS) is 32.2. The third-order valence-corrected chi connectivity index (χ3v) is 10.2. The lowest BCUT2D eigenvalue weighted by atomic mass is 9.70. The van der Waals surface area contributed by atoms with Crippen molar-refractivity contribution in [2.75, 3.05) is 13.1 Å². The average molecular weight is 470 g/mol. The Morgan fingerprint density at radius 1 is 1.11 bits per heavy atom. The summed E-state index contributed by atoms with van der Waals surface area (Å²) in [4.78, 5) is 4.85. The maximum atomic E-state index is 14.1. The number of halogens is 1. The van der Waals surface area contributed by atoms with Gasteiger partial charge in [0.2, 0.25) is 0 Å². The fourth-order valence-electron chi connectivity index (χ4n) is 8.45. The van der Waals surface area contributed by atoms with Crippen LogP contribution in [0.25, 0.3) is 11.0 Å². The Hall–Kier alpha value is -2.46. The zero-order valence-corrected chi connectivity index (χ0v) is 20.8. The largest absolute Gasteiger partial charge is 0.325 e. The van der Waals surface area contributed by atoms with E-state index in [2.05, 4.69) is 53.2 Å². The number of benzene rings is 2. The van der Waals surface area contributed by atoms with Crippen LogP contribution in [0.5, 0.6) is 0 Å². The number of aryl methyl sites for hydroxylation is 1. The Bertz CT molecular complexity index is 1300. The number of rotatable bonds is 5. The smallest absolute Gasteiger partial charge is 0.123 e. The van der Waals surface area contributed by atoms with Crippen LogP contribution in [0.4, 0.5) is 4.39 Å². The molecule has 0 amide bonds. The molecule has 4 aliphatic rings. The maximum Gasteiger partial charge on any atom is 0.123 e. The summed E-state index contributed by atoms with van der Waals surface area (Å²) in [7, 11) is 0. The van der Waals surface area contributed by atoms with Gasteiger partial charge in [-0.25, -0.2) is 9.37 Å². The van der Waals surface area contributed by atoms with E-state index in [0.717, 1.165) is 56.1 Å². The van der Waals surface area contributed by atoms with Crippen LogP contribution in [0, 0.1) is 30.0 Å². The first-order valence-corrected chi connectivity index (χ1v) is 13.7. The molecular weight excluding hydrogens is 433 g/mol. The first-order chi connectivity index (χ1) is 17.1. The number of imidazole rings is 1. The highest BCUT2D eigenvalue weighted by Crippen LogP contribution is 2.76. The fourth-order valence-corrected chi connectivity index (χ4v) is 8.45. The van der Waals surface area contributed by atoms with Gasteiger partial charge in [0.25, 0.3) is 0 Å². The van der Waals surface area contributed by atoms with E-state index in [9.17, 15) is 4.39 Å². The predicted octanol–water partition coefficient (Wildman–Crippen LogP) is 6.87. The molecule has 1 spiro atoms. The van der Waals surface area contributed by atoms with Crippen LogP contribution >= 0.6 is 0 Å². The van der Waals surface area contributed by atoms with Crippen LogP contribution in [0.1, 0.15) is 68.8 Å². The molecule has 3 aromatic rings. The SMILES string of the molecule is Cc1nc2ccccc2n1C1CC2C/C(=C\CCC3(c4cccc(F)c4)CCNCC3)C3CC23C1. The van der Waals surface area contributed by atoms with Gasteiger partial charge in [-0.2, -0.15) is 0 Å². The van der Waals surface area contributed by atoms with Gasteiger partial charge in [-0.15, -0.1) is 0 Å². The van der Waals surface area contributed by atoms with Crippen molar-refractivity contribution in [2.24, 2.45) is 17.3 Å². The highest BCUT2D eigenvalue weighted by atomic mass is 19.1. The second-order valence-electron chi connectivity index (χ2n) is 11.9. The molecule has 0 bridgehead atoms. The molecule has 1 saturated heterocycles. The topological polar surface area (TPSA) is 29.9 Å². The van der Waals surface area contributed by atoms with Crippen LogP contribution in [-0.4, -0.2) is 22.6 Å². The molecule has 4 heteroatoms. The zero-order valence-electron chi connectivity index (χ0n) is 20.8. The van der Waals surface area contributed by atoms with Gasteiger partial charge in [-0.3, -0.25) is 0 Å². The van der Waals surface area contributed by atoms with Gasteiger partial charge in [-0.1, -0.05) is 35.9 Å². The number of nitrogens with zero attached hydrogens (tertiary/aromatic N) is 2. The van der Waals surface area contributed by atoms with E-state index in [1.54, 1.807) is 17.7 Å². The molecule has 2 aromatic carbocycles. The van der Waals surface area contributed by atoms with Crippen LogP contribution in [0.15, 0.2) is 60.2 Å². The highest BCUT2D eigenvalue weighted by Gasteiger charge is 2.68. The van der Waals surface area contributed by atoms with E-state index in [1.165, 1.54) is 42.6 Å². The van der Waals surface area contributed by atoms with Gasteiger partial charge < -0.3 is 9.88 Å². The standard InChI is InChI=1S/C31H36FN3/c1-21-34-28-9-2-3-10-29(28)35(21)26-18-24-16-22(27-20-31(24,27)19-26)6-5-11-30(12-14-33-15-13-30)23-7-4-8-25(32)17-23/h2-4,6-10,17,24,26-27,33H,5,11-16,18-20H2,1H3/b22-6+. The van der Waals surface area contributed by atoms with Crippen molar-refractivity contribution >= 4 is 11.0 Å². The van der Waals surface area contributed by atoms with E-state index in [1.807, 2.05) is 6.07 Å². The van der Waals surface area contributed by atoms with Crippen LogP contribution in [0.3, 0.4) is 0 Å². The van der Waals surface area contributed by atoms with Crippen molar-refractivity contribution in [3.05, 3.63) is 77.4 Å². The Morgan fingerprint density at radius 2 is 1.97 bits per heavy atom. The summed E-state index contributed by atoms with van der Waals surface area (Å²) in [6, 6.07) is 16.6. The Morgan fingerprint density at radius 3 is 2.80 bits per heavy atom. The number of para-hydroxylation sites is 2. The number of piperidine rings is 1. The van der Waals surface area contributed by atoms with E-state index >= 15 is 0 Å². The van der Waals surface area contributed by atoms with E-state index < -0.39 is 0 Å². The monoisotopic (exact) mass is 469 g/mol. The van der Waals surface area contributed by atoms with Gasteiger partial charge in [0.1, 0.15) is 11.6 Å². The lowest BCUT2D eigenvalue weighted by molar-refractivity contribution is 0.288. The molecule has 1 aliphatic heterocycles. The number of aromatic nitrogens is 2. The van der Waals surface area contributed by atoms with Crippen molar-refractivity contribution in [1.29, 1.82) is 0 Å². The van der Waals surface area contributed by atoms with Gasteiger partial charge in [0.15, 0.2) is 0 Å². The fraction of sp³-hybridized carbons (Fsp3) is 0.516. The first-order valence-electron chi connectivity index (χ1n) is 13.7. The molecule has 3 aliphatic carbocycles. The van der Waals surface area contributed by atoms with E-state index in [-0.39, 0.29) is 11.2 Å². The third-order valence-electron chi connectivity index (χ3n) is 10.2. The highest BCUT2D eigenvalue weighted by molar-refractivity contribution is 5.76. The average Bonchev–Trinajstić information content (AvgIpc) is 3.16. The van der Waals surface area contributed by atoms with Crippen molar-refractivity contribution in [3.63, 3.8) is 0 Å². The molecule has 7 rings (SSSR count). The second-order valence-corrected chi connectivity index (χ2v) is 11.9. The molecule has 4 unspecified atom stereocenters. The van der Waals surface area contributed by atoms with E-state index in [0.29, 0.717) is 11.5 Å². The van der Waals surface area contributed by atoms with Crippen molar-refractivity contribution in [1.82, 2.24) is 14.9 Å². The summed E-state index contributed by atoms with van der Waals surface area (Å²) >= 11 is 0. The third kappa shape index (κ3) is 3.43. The Balaban J connectivity index is 1.06. The van der Waals surface area contributed by atoms with Crippen LogP contribution < -0.4 is 5.32 Å². The summed E-state index contributed by atoms with van der Waals surface area (Å²) in [6.07, 6.45) is 12.4. The minimum Gasteiger partial charge on any atom is -0.325 e. The van der Waals surface area contributed by atoms with Crippen LogP contribution in [-0.2, 0) is 5.41 Å². The van der Waals surface area contributed by atoms with Crippen molar-refractivity contribution in [3.8, 4) is 0 Å². The molecule has 0 radical (unpaired) electrons. The molecule has 4 fully saturated rings. The summed E-state index contributed by atoms with van der Waals surface area (Å²) < 4.78 is 16.6. The number of nitrogens with one attached hydrogen (secondary N) is 1. The zero-order chi connectivity index (χ0) is 23.6. The van der Waals surface area contributed by atoms with Gasteiger partial charge in [0.05, 0.1) is 11.0 Å². The molecule has 4 atom stereocenters. The van der Waals surface area contributed by atoms with Crippen molar-refractivity contribution < 1.29 is 4.39 Å². The molecule has 2 heterocycles. The quantitative estimate of drug-likeness (QED) is 0.413. The lowest BCUT2D eigenvalue weighted by Crippen LogP contribution is -2.39. The molecule has 182 valence electrons. The molecular formula is C31H36FN3. The maximum absolute atomic E-state index is 14.1. The van der Waals surface area contributed by atoms with Gasteiger partial charge in [-0.05, 0) is 124 Å². The van der Waals surface area contributed by atoms with E-state index in [4.69, 9.17) is 4.98 Å². The summed E-state index contributed by atoms with van der Waals surface area (Å²) in [6.45, 7) is 4.24. The first kappa shape index (κ1) is 21.8. The van der Waals surface area contributed by atoms with Gasteiger partial charge >= 0.3 is 0 Å². The van der Waals surface area contributed by atoms with Gasteiger partial charge in [0, 0.05) is 6.04 Å². The predicted molar refractivity (Wildman–Crippen MR) is 139 cm³/mol. The summed E-state index contributed by atoms with van der Waals surface area (Å²) in [5.41, 5.74) is 6.06. The lowest BCUT2D eigenvalue weighted by Gasteiger charge is -2.38. The minimum atomic E-state index is -0.0993. The van der Waals surface area contributed by atoms with Crippen LogP contribution in [0.2, 0.25) is 0 Å². The molecule has 1 aromatic heterocycles. The molecule has 3 nitrogen and oxygen atoms in total. The summed E-state index contributed by atoms with van der Waals surface area (Å²) in [5, 5.41) is 3.51. The molecule has 3 saturated carbocycles. The molecule has 1 N–H and O–H groups in total. The number of allylic oxidation sites excluding steroid dienone is 2. The van der Waals surface area contributed by atoms with Crippen molar-refractivity contribution in [2.45, 2.75) is 69.7 Å². The number of hydrogen-bond donors (Lipinski definition) is 1.